The minimum atomic E-state index is -0.202. The summed E-state index contributed by atoms with van der Waals surface area (Å²) in [6, 6.07) is 18.5. The number of anilines is 1. The second-order valence-corrected chi connectivity index (χ2v) is 6.52. The molecule has 1 aromatic heterocycles. The van der Waals surface area contributed by atoms with Gasteiger partial charge in [-0.3, -0.25) is 10.2 Å². The molecule has 28 heavy (non-hydrogen) atoms. The number of nitrogens with zero attached hydrogens (tertiary/aromatic N) is 1. The number of hydrogen-bond acceptors (Lipinski definition) is 3. The van der Waals surface area contributed by atoms with Crippen molar-refractivity contribution in [3.63, 3.8) is 0 Å². The van der Waals surface area contributed by atoms with Crippen LogP contribution in [0.15, 0.2) is 66.9 Å². The lowest BCUT2D eigenvalue weighted by Gasteiger charge is -2.10. The number of hydrogen-bond donors (Lipinski definition) is 3. The Morgan fingerprint density at radius 2 is 1.75 bits per heavy atom. The van der Waals surface area contributed by atoms with Gasteiger partial charge in [0, 0.05) is 17.3 Å². The molecular formula is C22H23ClN4O. The van der Waals surface area contributed by atoms with E-state index in [1.807, 2.05) is 42.5 Å². The Bertz CT molecular complexity index is 953. The number of nitrogen functional groups attached to an aromatic ring is 1. The Morgan fingerprint density at radius 3 is 2.39 bits per heavy atom. The average Bonchev–Trinajstić information content (AvgIpc) is 2.68. The Hall–Kier alpha value is -3.18. The van der Waals surface area contributed by atoms with Crippen LogP contribution in [0, 0.1) is 5.41 Å². The normalized spacial score (nSPS) is 10.0. The first-order valence-corrected chi connectivity index (χ1v) is 8.85. The SMILES string of the molecule is C.N=C(N)c1ccc(CCc2ccccc2C(=O)Nc2ccc(Cl)cn2)cc1. The van der Waals surface area contributed by atoms with Gasteiger partial charge >= 0.3 is 0 Å². The number of carbonyl (C=O) groups is 1. The van der Waals surface area contributed by atoms with Crippen molar-refractivity contribution in [2.75, 3.05) is 5.32 Å². The van der Waals surface area contributed by atoms with Crippen molar-refractivity contribution in [1.29, 1.82) is 5.41 Å². The molecule has 5 nitrogen and oxygen atoms in total. The fourth-order valence-corrected chi connectivity index (χ4v) is 2.84. The van der Waals surface area contributed by atoms with Gasteiger partial charge in [0.1, 0.15) is 11.7 Å². The van der Waals surface area contributed by atoms with Crippen molar-refractivity contribution in [3.05, 3.63) is 94.1 Å². The molecule has 0 atom stereocenters. The fourth-order valence-electron chi connectivity index (χ4n) is 2.72. The molecule has 2 aromatic carbocycles. The molecule has 1 heterocycles. The van der Waals surface area contributed by atoms with Crippen LogP contribution in [0.3, 0.4) is 0 Å². The molecule has 0 radical (unpaired) electrons. The molecule has 6 heteroatoms. The first-order valence-electron chi connectivity index (χ1n) is 8.47. The Labute approximate surface area is 170 Å². The van der Waals surface area contributed by atoms with E-state index in [0.717, 1.165) is 24.0 Å². The highest BCUT2D eigenvalue weighted by Crippen LogP contribution is 2.16. The van der Waals surface area contributed by atoms with Gasteiger partial charge in [-0.2, -0.15) is 0 Å². The zero-order chi connectivity index (χ0) is 19.2. The minimum absolute atomic E-state index is 0. The van der Waals surface area contributed by atoms with Gasteiger partial charge in [0.05, 0.1) is 5.02 Å². The number of rotatable bonds is 6. The van der Waals surface area contributed by atoms with Gasteiger partial charge in [-0.25, -0.2) is 4.98 Å². The second-order valence-electron chi connectivity index (χ2n) is 6.08. The predicted molar refractivity (Wildman–Crippen MR) is 115 cm³/mol. The van der Waals surface area contributed by atoms with Crippen molar-refractivity contribution in [2.45, 2.75) is 20.3 Å². The smallest absolute Gasteiger partial charge is 0.257 e. The van der Waals surface area contributed by atoms with E-state index >= 15 is 0 Å². The molecule has 3 aromatic rings. The molecule has 0 saturated heterocycles. The number of carbonyl (C=O) groups excluding carboxylic acids is 1. The van der Waals surface area contributed by atoms with Crippen LogP contribution in [-0.2, 0) is 12.8 Å². The minimum Gasteiger partial charge on any atom is -0.384 e. The Balaban J connectivity index is 0.00000280. The first-order chi connectivity index (χ1) is 13.0. The number of nitrogens with two attached hydrogens (primary N) is 1. The lowest BCUT2D eigenvalue weighted by molar-refractivity contribution is 0.102. The maximum absolute atomic E-state index is 12.6. The molecule has 3 rings (SSSR count). The lowest BCUT2D eigenvalue weighted by atomic mass is 9.98. The number of aromatic nitrogens is 1. The fraction of sp³-hybridized carbons (Fsp3) is 0.136. The molecule has 0 bridgehead atoms. The Morgan fingerprint density at radius 1 is 1.04 bits per heavy atom. The van der Waals surface area contributed by atoms with Crippen LogP contribution in [-0.4, -0.2) is 16.7 Å². The predicted octanol–water partition coefficient (Wildman–Crippen LogP) is 4.69. The maximum atomic E-state index is 12.6. The third-order valence-electron chi connectivity index (χ3n) is 4.18. The Kier molecular flexibility index (Phi) is 7.29. The molecule has 1 amide bonds. The van der Waals surface area contributed by atoms with Crippen molar-refractivity contribution >= 4 is 29.2 Å². The van der Waals surface area contributed by atoms with E-state index < -0.39 is 0 Å². The van der Waals surface area contributed by atoms with Gasteiger partial charge in [0.15, 0.2) is 0 Å². The maximum Gasteiger partial charge on any atom is 0.257 e. The van der Waals surface area contributed by atoms with Gasteiger partial charge in [-0.1, -0.05) is 61.5 Å². The second kappa shape index (κ2) is 9.67. The van der Waals surface area contributed by atoms with Crippen LogP contribution in [0.25, 0.3) is 0 Å². The van der Waals surface area contributed by atoms with Crippen molar-refractivity contribution in [2.24, 2.45) is 5.73 Å². The summed E-state index contributed by atoms with van der Waals surface area (Å²) in [6.45, 7) is 0. The number of benzene rings is 2. The summed E-state index contributed by atoms with van der Waals surface area (Å²) in [5, 5.41) is 10.8. The van der Waals surface area contributed by atoms with E-state index in [1.165, 1.54) is 6.20 Å². The largest absolute Gasteiger partial charge is 0.384 e. The summed E-state index contributed by atoms with van der Waals surface area (Å²) >= 11 is 5.82. The van der Waals surface area contributed by atoms with E-state index in [2.05, 4.69) is 10.3 Å². The van der Waals surface area contributed by atoms with Gasteiger partial charge in [0.25, 0.3) is 5.91 Å². The summed E-state index contributed by atoms with van der Waals surface area (Å²) in [4.78, 5) is 16.7. The van der Waals surface area contributed by atoms with Crippen LogP contribution in [0.4, 0.5) is 5.82 Å². The lowest BCUT2D eigenvalue weighted by Crippen LogP contribution is -2.15. The summed E-state index contributed by atoms with van der Waals surface area (Å²) in [5.74, 6) is 0.311. The highest BCUT2D eigenvalue weighted by Gasteiger charge is 2.12. The molecule has 144 valence electrons. The van der Waals surface area contributed by atoms with Gasteiger partial charge in [-0.05, 0) is 42.2 Å². The van der Waals surface area contributed by atoms with Crippen LogP contribution in [0.5, 0.6) is 0 Å². The number of amides is 1. The number of halogens is 1. The van der Waals surface area contributed by atoms with Gasteiger partial charge in [0.2, 0.25) is 0 Å². The summed E-state index contributed by atoms with van der Waals surface area (Å²) < 4.78 is 0. The standard InChI is InChI=1S/C21H19ClN4O.CH4/c22-17-11-12-19(25-13-17)26-21(27)18-4-2-1-3-15(18)8-5-14-6-9-16(10-7-14)20(23)24;/h1-4,6-7,9-13H,5,8H2,(H3,23,24)(H,25,26,27);1H4. The third-order valence-corrected chi connectivity index (χ3v) is 4.40. The number of pyridine rings is 1. The van der Waals surface area contributed by atoms with Crippen molar-refractivity contribution in [3.8, 4) is 0 Å². The molecular weight excluding hydrogens is 372 g/mol. The van der Waals surface area contributed by atoms with Gasteiger partial charge in [-0.15, -0.1) is 0 Å². The zero-order valence-electron chi connectivity index (χ0n) is 14.6. The summed E-state index contributed by atoms with van der Waals surface area (Å²) in [6.07, 6.45) is 2.99. The molecule has 0 aliphatic carbocycles. The first kappa shape index (κ1) is 21.1. The topological polar surface area (TPSA) is 91.9 Å². The van der Waals surface area contributed by atoms with E-state index in [-0.39, 0.29) is 19.2 Å². The quantitative estimate of drug-likeness (QED) is 0.418. The molecule has 0 fully saturated rings. The number of nitrogens with one attached hydrogen (secondary N) is 2. The zero-order valence-corrected chi connectivity index (χ0v) is 15.3. The van der Waals surface area contributed by atoms with E-state index in [0.29, 0.717) is 22.0 Å². The van der Waals surface area contributed by atoms with Crippen LogP contribution < -0.4 is 11.1 Å². The third kappa shape index (κ3) is 5.41. The monoisotopic (exact) mass is 394 g/mol. The molecule has 0 unspecified atom stereocenters. The highest BCUT2D eigenvalue weighted by molar-refractivity contribution is 6.30. The average molecular weight is 395 g/mol. The number of amidine groups is 1. The van der Waals surface area contributed by atoms with E-state index in [1.54, 1.807) is 18.2 Å². The highest BCUT2D eigenvalue weighted by atomic mass is 35.5. The van der Waals surface area contributed by atoms with Gasteiger partial charge < -0.3 is 11.1 Å². The molecule has 0 saturated carbocycles. The summed E-state index contributed by atoms with van der Waals surface area (Å²) in [7, 11) is 0. The summed E-state index contributed by atoms with van der Waals surface area (Å²) in [5.41, 5.74) is 8.88. The van der Waals surface area contributed by atoms with Crippen LogP contribution in [0.2, 0.25) is 5.02 Å². The molecule has 0 aliphatic rings. The molecule has 4 N–H and O–H groups in total. The van der Waals surface area contributed by atoms with E-state index in [9.17, 15) is 4.79 Å². The molecule has 0 spiro atoms. The van der Waals surface area contributed by atoms with Crippen molar-refractivity contribution < 1.29 is 4.79 Å². The number of aryl methyl sites for hydroxylation is 2. The molecule has 0 aliphatic heterocycles. The van der Waals surface area contributed by atoms with Crippen molar-refractivity contribution in [1.82, 2.24) is 4.98 Å². The van der Waals surface area contributed by atoms with E-state index in [4.69, 9.17) is 22.7 Å². The van der Waals surface area contributed by atoms with Crippen LogP contribution >= 0.6 is 11.6 Å². The van der Waals surface area contributed by atoms with Crippen LogP contribution in [0.1, 0.15) is 34.5 Å².